The van der Waals surface area contributed by atoms with Crippen molar-refractivity contribution in [2.75, 3.05) is 0 Å². The summed E-state index contributed by atoms with van der Waals surface area (Å²) >= 11 is 0. The molecule has 0 amide bonds. The first-order chi connectivity index (χ1) is 17.2. The van der Waals surface area contributed by atoms with Gasteiger partial charge in [0.15, 0.2) is 0 Å². The van der Waals surface area contributed by atoms with Crippen LogP contribution >= 0.6 is 0 Å². The minimum absolute atomic E-state index is 0.636. The van der Waals surface area contributed by atoms with Crippen LogP contribution in [0.4, 0.5) is 0 Å². The average molecular weight is 446 g/mol. The van der Waals surface area contributed by atoms with Gasteiger partial charge in [0.05, 0.1) is 28.8 Å². The first-order valence-corrected chi connectivity index (χ1v) is 11.4. The Bertz CT molecular complexity index is 1780. The zero-order valence-corrected chi connectivity index (χ0v) is 18.8. The summed E-state index contributed by atoms with van der Waals surface area (Å²) < 4.78 is 0. The molecule has 1 N–H and O–H groups in total. The summed E-state index contributed by atoms with van der Waals surface area (Å²) in [6.07, 6.45) is 0. The Morgan fingerprint density at radius 1 is 0.486 bits per heavy atom. The SMILES string of the molecule is N#Cc1ccc(-c2cc(-c3ccc(C#N)cc3)c3[nH]c4ccc(-c5ccccc5)cc4c3c2)cc1. The summed E-state index contributed by atoms with van der Waals surface area (Å²) in [7, 11) is 0. The number of aromatic nitrogens is 1. The van der Waals surface area contributed by atoms with E-state index in [1.54, 1.807) is 0 Å². The van der Waals surface area contributed by atoms with Crippen molar-refractivity contribution in [3.8, 4) is 45.5 Å². The molecule has 35 heavy (non-hydrogen) atoms. The van der Waals surface area contributed by atoms with E-state index in [1.807, 2.05) is 54.6 Å². The van der Waals surface area contributed by atoms with Crippen LogP contribution in [0.15, 0.2) is 109 Å². The maximum absolute atomic E-state index is 9.24. The monoisotopic (exact) mass is 445 g/mol. The Morgan fingerprint density at radius 2 is 1.06 bits per heavy atom. The first-order valence-electron chi connectivity index (χ1n) is 11.4. The minimum Gasteiger partial charge on any atom is -0.354 e. The van der Waals surface area contributed by atoms with Crippen LogP contribution < -0.4 is 0 Å². The minimum atomic E-state index is 0.636. The fourth-order valence-electron chi connectivity index (χ4n) is 4.67. The van der Waals surface area contributed by atoms with E-state index < -0.39 is 0 Å². The molecular formula is C32H19N3. The maximum Gasteiger partial charge on any atom is 0.0991 e. The van der Waals surface area contributed by atoms with E-state index in [9.17, 15) is 10.5 Å². The molecule has 3 heteroatoms. The van der Waals surface area contributed by atoms with Gasteiger partial charge < -0.3 is 4.98 Å². The number of hydrogen-bond acceptors (Lipinski definition) is 2. The van der Waals surface area contributed by atoms with Crippen molar-refractivity contribution < 1.29 is 0 Å². The lowest BCUT2D eigenvalue weighted by atomic mass is 9.94. The summed E-state index contributed by atoms with van der Waals surface area (Å²) in [5.74, 6) is 0. The summed E-state index contributed by atoms with van der Waals surface area (Å²) in [6, 6.07) is 41.1. The molecule has 0 aliphatic rings. The molecule has 0 spiro atoms. The number of H-pyrrole nitrogens is 1. The number of hydrogen-bond donors (Lipinski definition) is 1. The zero-order valence-electron chi connectivity index (χ0n) is 18.8. The van der Waals surface area contributed by atoms with Crippen LogP contribution in [0.25, 0.3) is 55.2 Å². The Morgan fingerprint density at radius 3 is 1.71 bits per heavy atom. The van der Waals surface area contributed by atoms with Gasteiger partial charge in [-0.2, -0.15) is 10.5 Å². The molecule has 0 atom stereocenters. The molecule has 0 radical (unpaired) electrons. The lowest BCUT2D eigenvalue weighted by Gasteiger charge is -2.09. The molecule has 162 valence electrons. The number of nitrogens with one attached hydrogen (secondary N) is 1. The third-order valence-corrected chi connectivity index (χ3v) is 6.49. The molecule has 0 unspecified atom stereocenters. The molecule has 6 aromatic rings. The number of rotatable bonds is 3. The number of benzene rings is 5. The molecule has 1 heterocycles. The van der Waals surface area contributed by atoms with Gasteiger partial charge in [-0.15, -0.1) is 0 Å². The second kappa shape index (κ2) is 8.34. The highest BCUT2D eigenvalue weighted by Crippen LogP contribution is 2.39. The molecule has 3 nitrogen and oxygen atoms in total. The normalized spacial score (nSPS) is 10.8. The van der Waals surface area contributed by atoms with E-state index in [2.05, 4.69) is 71.7 Å². The van der Waals surface area contributed by atoms with Crippen molar-refractivity contribution in [2.24, 2.45) is 0 Å². The molecule has 0 saturated heterocycles. The Labute approximate surface area is 203 Å². The van der Waals surface area contributed by atoms with Crippen LogP contribution in [0, 0.1) is 22.7 Å². The smallest absolute Gasteiger partial charge is 0.0991 e. The molecule has 1 aromatic heterocycles. The van der Waals surface area contributed by atoms with Gasteiger partial charge in [0.1, 0.15) is 0 Å². The molecule has 6 rings (SSSR count). The van der Waals surface area contributed by atoms with Crippen LogP contribution in [-0.4, -0.2) is 4.98 Å². The number of aromatic amines is 1. The van der Waals surface area contributed by atoms with E-state index >= 15 is 0 Å². The number of fused-ring (bicyclic) bond motifs is 3. The summed E-state index contributed by atoms with van der Waals surface area (Å²) in [5.41, 5.74) is 10.0. The highest BCUT2D eigenvalue weighted by molar-refractivity contribution is 6.14. The quantitative estimate of drug-likeness (QED) is 0.299. The standard InChI is InChI=1S/C32H19N3/c33-19-21-6-10-24(11-7-21)27-17-28(25-12-8-22(20-34)9-13-25)32-30(18-27)29-16-26(14-15-31(29)35-32)23-4-2-1-3-5-23/h1-18,35H. The Kier molecular flexibility index (Phi) is 4.88. The van der Waals surface area contributed by atoms with Crippen molar-refractivity contribution >= 4 is 21.8 Å². The lowest BCUT2D eigenvalue weighted by Crippen LogP contribution is -1.86. The highest BCUT2D eigenvalue weighted by atomic mass is 14.7. The van der Waals surface area contributed by atoms with E-state index in [0.717, 1.165) is 44.1 Å². The van der Waals surface area contributed by atoms with Crippen molar-refractivity contribution in [3.63, 3.8) is 0 Å². The predicted molar refractivity (Wildman–Crippen MR) is 142 cm³/mol. The van der Waals surface area contributed by atoms with Gasteiger partial charge in [-0.25, -0.2) is 0 Å². The van der Waals surface area contributed by atoms with E-state index in [4.69, 9.17) is 0 Å². The molecule has 0 bridgehead atoms. The Balaban J connectivity index is 1.63. The van der Waals surface area contributed by atoms with E-state index in [0.29, 0.717) is 11.1 Å². The van der Waals surface area contributed by atoms with Crippen LogP contribution in [0.3, 0.4) is 0 Å². The number of nitriles is 2. The zero-order chi connectivity index (χ0) is 23.8. The summed E-state index contributed by atoms with van der Waals surface area (Å²) in [6.45, 7) is 0. The van der Waals surface area contributed by atoms with Crippen LogP contribution in [0.2, 0.25) is 0 Å². The largest absolute Gasteiger partial charge is 0.354 e. The molecular weight excluding hydrogens is 426 g/mol. The van der Waals surface area contributed by atoms with Crippen molar-refractivity contribution in [1.82, 2.24) is 4.98 Å². The van der Waals surface area contributed by atoms with Crippen molar-refractivity contribution in [1.29, 1.82) is 10.5 Å². The molecule has 0 aliphatic heterocycles. The third-order valence-electron chi connectivity index (χ3n) is 6.49. The molecule has 5 aromatic carbocycles. The second-order valence-electron chi connectivity index (χ2n) is 8.58. The van der Waals surface area contributed by atoms with E-state index in [-0.39, 0.29) is 0 Å². The maximum atomic E-state index is 9.24. The fraction of sp³-hybridized carbons (Fsp3) is 0. The van der Waals surface area contributed by atoms with Gasteiger partial charge in [0, 0.05) is 21.9 Å². The molecule has 0 fully saturated rings. The second-order valence-corrected chi connectivity index (χ2v) is 8.58. The summed E-state index contributed by atoms with van der Waals surface area (Å²) in [5, 5.41) is 20.7. The van der Waals surface area contributed by atoms with Gasteiger partial charge in [-0.05, 0) is 76.3 Å². The third kappa shape index (κ3) is 3.62. The Hall–Kier alpha value is -5.12. The molecule has 0 saturated carbocycles. The molecule has 0 aliphatic carbocycles. The lowest BCUT2D eigenvalue weighted by molar-refractivity contribution is 1.48. The summed E-state index contributed by atoms with van der Waals surface area (Å²) in [4.78, 5) is 3.64. The van der Waals surface area contributed by atoms with E-state index in [1.165, 1.54) is 11.1 Å². The van der Waals surface area contributed by atoms with Gasteiger partial charge >= 0.3 is 0 Å². The number of nitrogens with zero attached hydrogens (tertiary/aromatic N) is 2. The highest BCUT2D eigenvalue weighted by Gasteiger charge is 2.14. The van der Waals surface area contributed by atoms with Gasteiger partial charge in [-0.3, -0.25) is 0 Å². The van der Waals surface area contributed by atoms with Crippen LogP contribution in [0.1, 0.15) is 11.1 Å². The fourth-order valence-corrected chi connectivity index (χ4v) is 4.67. The average Bonchev–Trinajstić information content (AvgIpc) is 3.31. The van der Waals surface area contributed by atoms with Crippen LogP contribution in [-0.2, 0) is 0 Å². The first kappa shape index (κ1) is 20.5. The van der Waals surface area contributed by atoms with Crippen LogP contribution in [0.5, 0.6) is 0 Å². The predicted octanol–water partition coefficient (Wildman–Crippen LogP) is 8.07. The van der Waals surface area contributed by atoms with Gasteiger partial charge in [0.2, 0.25) is 0 Å². The van der Waals surface area contributed by atoms with Crippen molar-refractivity contribution in [2.45, 2.75) is 0 Å². The topological polar surface area (TPSA) is 63.4 Å². The van der Waals surface area contributed by atoms with Gasteiger partial charge in [0.25, 0.3) is 0 Å². The van der Waals surface area contributed by atoms with Gasteiger partial charge in [-0.1, -0.05) is 60.7 Å². The van der Waals surface area contributed by atoms with Crippen molar-refractivity contribution in [3.05, 3.63) is 120 Å².